The second-order valence-electron chi connectivity index (χ2n) is 14.1. The normalized spacial score (nSPS) is 11.7. The second kappa shape index (κ2) is 12.2. The van der Waals surface area contributed by atoms with E-state index in [4.69, 9.17) is 0 Å². The van der Waals surface area contributed by atoms with E-state index in [0.717, 1.165) is 22.7 Å². The maximum absolute atomic E-state index is 2.45. The van der Waals surface area contributed by atoms with Crippen molar-refractivity contribution in [1.82, 2.24) is 4.57 Å². The fourth-order valence-electron chi connectivity index (χ4n) is 8.80. The van der Waals surface area contributed by atoms with E-state index in [0.29, 0.717) is 0 Å². The average molecular weight is 687 g/mol. The van der Waals surface area contributed by atoms with E-state index in [-0.39, 0.29) is 0 Å². The Labute approximate surface area is 314 Å². The highest BCUT2D eigenvalue weighted by Crippen LogP contribution is 2.49. The van der Waals surface area contributed by atoms with Crippen molar-refractivity contribution in [2.24, 2.45) is 0 Å². The van der Waals surface area contributed by atoms with Crippen LogP contribution in [0.2, 0.25) is 0 Å². The Morgan fingerprint density at radius 1 is 0.296 bits per heavy atom. The number of hydrogen-bond donors (Lipinski definition) is 0. The molecule has 0 radical (unpaired) electrons. The van der Waals surface area contributed by atoms with E-state index in [2.05, 4.69) is 216 Å². The molecular weight excluding hydrogens is 653 g/mol. The first kappa shape index (κ1) is 30.5. The predicted molar refractivity (Wildman–Crippen MR) is 228 cm³/mol. The number of fused-ring (bicyclic) bond motifs is 3. The fourth-order valence-corrected chi connectivity index (χ4v) is 8.80. The van der Waals surface area contributed by atoms with Crippen molar-refractivity contribution in [3.63, 3.8) is 0 Å². The van der Waals surface area contributed by atoms with Crippen LogP contribution in [-0.2, 0) is 0 Å². The zero-order chi connectivity index (χ0) is 35.6. The minimum absolute atomic E-state index is 1.10. The molecule has 11 rings (SSSR count). The van der Waals surface area contributed by atoms with Gasteiger partial charge in [-0.05, 0) is 116 Å². The van der Waals surface area contributed by atoms with Gasteiger partial charge in [0.25, 0.3) is 0 Å². The third-order valence-corrected chi connectivity index (χ3v) is 11.1. The summed E-state index contributed by atoms with van der Waals surface area (Å²) in [5.41, 5.74) is 16.9. The van der Waals surface area contributed by atoms with Crippen molar-refractivity contribution < 1.29 is 0 Å². The van der Waals surface area contributed by atoms with Gasteiger partial charge in [0.15, 0.2) is 0 Å². The lowest BCUT2D eigenvalue weighted by atomic mass is 9.93. The molecular formula is C52H34N2. The van der Waals surface area contributed by atoms with E-state index in [1.54, 1.807) is 0 Å². The molecule has 252 valence electrons. The highest BCUT2D eigenvalue weighted by Gasteiger charge is 2.24. The second-order valence-corrected chi connectivity index (χ2v) is 14.1. The molecule has 0 unspecified atom stereocenters. The zero-order valence-electron chi connectivity index (χ0n) is 29.5. The summed E-state index contributed by atoms with van der Waals surface area (Å²) in [6, 6.07) is 75.0. The number of rotatable bonds is 6. The molecule has 0 amide bonds. The Hall–Kier alpha value is -7.16. The van der Waals surface area contributed by atoms with Crippen molar-refractivity contribution in [2.75, 3.05) is 4.90 Å². The van der Waals surface area contributed by atoms with Gasteiger partial charge in [0.05, 0.1) is 11.0 Å². The predicted octanol–water partition coefficient (Wildman–Crippen LogP) is 14.4. The summed E-state index contributed by atoms with van der Waals surface area (Å²) in [6.45, 7) is 0. The summed E-state index contributed by atoms with van der Waals surface area (Å²) < 4.78 is 2.45. The molecule has 0 atom stereocenters. The maximum atomic E-state index is 2.45. The van der Waals surface area contributed by atoms with Crippen LogP contribution < -0.4 is 4.90 Å². The topological polar surface area (TPSA) is 8.17 Å². The van der Waals surface area contributed by atoms with Crippen LogP contribution >= 0.6 is 0 Å². The average Bonchev–Trinajstić information content (AvgIpc) is 3.53. The Morgan fingerprint density at radius 3 is 1.56 bits per heavy atom. The summed E-state index contributed by atoms with van der Waals surface area (Å²) in [5.74, 6) is 0. The van der Waals surface area contributed by atoms with Gasteiger partial charge in [-0.15, -0.1) is 0 Å². The summed E-state index contributed by atoms with van der Waals surface area (Å²) in [5, 5.41) is 5.25. The van der Waals surface area contributed by atoms with Gasteiger partial charge in [-0.3, -0.25) is 0 Å². The lowest BCUT2D eigenvalue weighted by Crippen LogP contribution is -2.10. The van der Waals surface area contributed by atoms with Crippen molar-refractivity contribution in [1.29, 1.82) is 0 Å². The number of hydrogen-bond acceptors (Lipinski definition) is 1. The van der Waals surface area contributed by atoms with Crippen molar-refractivity contribution in [3.05, 3.63) is 206 Å². The minimum atomic E-state index is 1.10. The zero-order valence-corrected chi connectivity index (χ0v) is 29.5. The third-order valence-electron chi connectivity index (χ3n) is 11.1. The van der Waals surface area contributed by atoms with Crippen molar-refractivity contribution >= 4 is 49.6 Å². The summed E-state index contributed by atoms with van der Waals surface area (Å²) >= 11 is 0. The highest BCUT2D eigenvalue weighted by atomic mass is 15.1. The minimum Gasteiger partial charge on any atom is -0.310 e. The standard InChI is InChI=1S/C52H34N2/c1-3-14-35(15-4-1)42-21-7-8-22-43(42)37-17-11-20-41(34-37)53(38-18-5-2-6-19-38)39-29-31-40(32-30-39)54-48-27-13-26-47-45-24-10-9-23-44(45)46-25-12-16-36-28-33-49(54)52(50(36)46)51(47)48/h1-34H. The van der Waals surface area contributed by atoms with Crippen LogP contribution in [0.5, 0.6) is 0 Å². The Balaban J connectivity index is 1.07. The number of aromatic nitrogens is 1. The van der Waals surface area contributed by atoms with Crippen LogP contribution in [0.3, 0.4) is 0 Å². The number of benzene rings is 9. The van der Waals surface area contributed by atoms with Crippen LogP contribution in [0.4, 0.5) is 17.1 Å². The fraction of sp³-hybridized carbons (Fsp3) is 0. The molecule has 2 heteroatoms. The van der Waals surface area contributed by atoms with Gasteiger partial charge < -0.3 is 9.47 Å². The quantitative estimate of drug-likeness (QED) is 0.169. The van der Waals surface area contributed by atoms with Crippen LogP contribution in [0, 0.1) is 0 Å². The molecule has 1 heterocycles. The lowest BCUT2D eigenvalue weighted by molar-refractivity contribution is 1.17. The van der Waals surface area contributed by atoms with Crippen LogP contribution in [0.1, 0.15) is 0 Å². The van der Waals surface area contributed by atoms with Crippen molar-refractivity contribution in [3.8, 4) is 50.2 Å². The van der Waals surface area contributed by atoms with Gasteiger partial charge in [-0.1, -0.05) is 146 Å². The van der Waals surface area contributed by atoms with E-state index in [1.807, 2.05) is 0 Å². The van der Waals surface area contributed by atoms with Gasteiger partial charge in [-0.2, -0.15) is 0 Å². The molecule has 0 fully saturated rings. The number of nitrogens with zero attached hydrogens (tertiary/aromatic N) is 2. The largest absolute Gasteiger partial charge is 0.310 e. The molecule has 1 aliphatic carbocycles. The van der Waals surface area contributed by atoms with Gasteiger partial charge >= 0.3 is 0 Å². The molecule has 1 aromatic heterocycles. The van der Waals surface area contributed by atoms with E-state index < -0.39 is 0 Å². The number of anilines is 3. The molecule has 9 aromatic carbocycles. The van der Waals surface area contributed by atoms with Crippen LogP contribution in [0.25, 0.3) is 82.8 Å². The molecule has 0 bridgehead atoms. The molecule has 0 saturated carbocycles. The molecule has 54 heavy (non-hydrogen) atoms. The SMILES string of the molecule is c1ccc(-c2ccccc2-c2cccc(N(c3ccccc3)c3ccc(-n4c5cccc6c5c5c7c(cccc7ccc54)-c4ccccc4-6)cc3)c2)cc1. The molecule has 0 N–H and O–H groups in total. The first-order valence-electron chi connectivity index (χ1n) is 18.6. The molecule has 0 saturated heterocycles. The Bertz CT molecular complexity index is 3030. The first-order chi connectivity index (χ1) is 26.8. The molecule has 1 aliphatic rings. The first-order valence-corrected chi connectivity index (χ1v) is 18.6. The van der Waals surface area contributed by atoms with Gasteiger partial charge in [0.1, 0.15) is 0 Å². The maximum Gasteiger partial charge on any atom is 0.0547 e. The van der Waals surface area contributed by atoms with Crippen molar-refractivity contribution in [2.45, 2.75) is 0 Å². The van der Waals surface area contributed by atoms with Crippen LogP contribution in [0.15, 0.2) is 206 Å². The van der Waals surface area contributed by atoms with E-state index in [1.165, 1.54) is 77.1 Å². The molecule has 10 aromatic rings. The van der Waals surface area contributed by atoms with Gasteiger partial charge in [0.2, 0.25) is 0 Å². The van der Waals surface area contributed by atoms with E-state index in [9.17, 15) is 0 Å². The molecule has 0 spiro atoms. The smallest absolute Gasteiger partial charge is 0.0547 e. The molecule has 0 aliphatic heterocycles. The van der Waals surface area contributed by atoms with E-state index >= 15 is 0 Å². The van der Waals surface area contributed by atoms with Crippen LogP contribution in [-0.4, -0.2) is 4.57 Å². The monoisotopic (exact) mass is 686 g/mol. The van der Waals surface area contributed by atoms with Gasteiger partial charge in [-0.25, -0.2) is 0 Å². The highest BCUT2D eigenvalue weighted by molar-refractivity contribution is 6.30. The third kappa shape index (κ3) is 4.67. The van der Waals surface area contributed by atoms with Gasteiger partial charge in [0, 0.05) is 33.5 Å². The lowest BCUT2D eigenvalue weighted by Gasteiger charge is -2.26. The Morgan fingerprint density at radius 2 is 0.815 bits per heavy atom. The molecule has 2 nitrogen and oxygen atoms in total. The Kier molecular flexibility index (Phi) is 6.90. The summed E-state index contributed by atoms with van der Waals surface area (Å²) in [6.07, 6.45) is 0. The summed E-state index contributed by atoms with van der Waals surface area (Å²) in [7, 11) is 0. The summed E-state index contributed by atoms with van der Waals surface area (Å²) in [4.78, 5) is 2.36. The number of para-hydroxylation sites is 1.